The molecule has 2 aromatic rings. The Labute approximate surface area is 158 Å². The zero-order chi connectivity index (χ0) is 18.4. The van der Waals surface area contributed by atoms with Gasteiger partial charge in [-0.1, -0.05) is 29.8 Å². The van der Waals surface area contributed by atoms with Gasteiger partial charge >= 0.3 is 0 Å². The minimum Gasteiger partial charge on any atom is -0.325 e. The SMILES string of the molecule is O=C(CN1CCCN(Cc2ccc(F)cc2)CC1)Nc1cccc(Cl)c1. The first-order valence-electron chi connectivity index (χ1n) is 8.83. The Morgan fingerprint density at radius 1 is 1.04 bits per heavy atom. The van der Waals surface area contributed by atoms with Crippen LogP contribution in [-0.4, -0.2) is 48.4 Å². The van der Waals surface area contributed by atoms with E-state index in [0.29, 0.717) is 11.6 Å². The number of nitrogens with zero attached hydrogens (tertiary/aromatic N) is 2. The maximum atomic E-state index is 13.0. The van der Waals surface area contributed by atoms with Crippen molar-refractivity contribution in [3.05, 3.63) is 64.9 Å². The van der Waals surface area contributed by atoms with Crippen molar-refractivity contribution in [3.8, 4) is 0 Å². The van der Waals surface area contributed by atoms with E-state index in [1.165, 1.54) is 12.1 Å². The number of carbonyl (C=O) groups is 1. The van der Waals surface area contributed by atoms with Crippen LogP contribution in [0.4, 0.5) is 10.1 Å². The summed E-state index contributed by atoms with van der Waals surface area (Å²) in [7, 11) is 0. The van der Waals surface area contributed by atoms with E-state index in [4.69, 9.17) is 11.6 Å². The number of amides is 1. The molecule has 0 saturated carbocycles. The molecule has 1 heterocycles. The quantitative estimate of drug-likeness (QED) is 0.866. The van der Waals surface area contributed by atoms with Crippen molar-refractivity contribution in [2.24, 2.45) is 0 Å². The predicted octanol–water partition coefficient (Wildman–Crippen LogP) is 3.63. The number of carbonyl (C=O) groups excluding carboxylic acids is 1. The fourth-order valence-electron chi connectivity index (χ4n) is 3.16. The van der Waals surface area contributed by atoms with E-state index in [1.807, 2.05) is 24.3 Å². The van der Waals surface area contributed by atoms with Crippen LogP contribution in [0.3, 0.4) is 0 Å². The van der Waals surface area contributed by atoms with Crippen LogP contribution in [0, 0.1) is 5.82 Å². The first-order valence-corrected chi connectivity index (χ1v) is 9.21. The van der Waals surface area contributed by atoms with Gasteiger partial charge < -0.3 is 5.32 Å². The lowest BCUT2D eigenvalue weighted by atomic mass is 10.2. The second-order valence-corrected chi connectivity index (χ2v) is 7.03. The van der Waals surface area contributed by atoms with Crippen molar-refractivity contribution in [1.82, 2.24) is 9.80 Å². The van der Waals surface area contributed by atoms with Crippen LogP contribution in [0.25, 0.3) is 0 Å². The summed E-state index contributed by atoms with van der Waals surface area (Å²) < 4.78 is 13.0. The van der Waals surface area contributed by atoms with Crippen LogP contribution in [0.5, 0.6) is 0 Å². The molecule has 1 saturated heterocycles. The Balaban J connectivity index is 1.47. The third-order valence-electron chi connectivity index (χ3n) is 4.48. The highest BCUT2D eigenvalue weighted by molar-refractivity contribution is 6.30. The Morgan fingerprint density at radius 3 is 2.54 bits per heavy atom. The molecule has 2 aromatic carbocycles. The van der Waals surface area contributed by atoms with Crippen LogP contribution in [-0.2, 0) is 11.3 Å². The predicted molar refractivity (Wildman–Crippen MR) is 103 cm³/mol. The Morgan fingerprint density at radius 2 is 1.77 bits per heavy atom. The summed E-state index contributed by atoms with van der Waals surface area (Å²) in [6.07, 6.45) is 1.01. The first-order chi connectivity index (χ1) is 12.6. The second kappa shape index (κ2) is 9.12. The molecule has 3 rings (SSSR count). The summed E-state index contributed by atoms with van der Waals surface area (Å²) in [5.74, 6) is -0.235. The molecule has 6 heteroatoms. The van der Waals surface area contributed by atoms with E-state index >= 15 is 0 Å². The lowest BCUT2D eigenvalue weighted by molar-refractivity contribution is -0.117. The van der Waals surface area contributed by atoms with Crippen LogP contribution < -0.4 is 5.32 Å². The van der Waals surface area contributed by atoms with E-state index in [0.717, 1.165) is 50.4 Å². The number of nitrogens with one attached hydrogen (secondary N) is 1. The van der Waals surface area contributed by atoms with Gasteiger partial charge in [-0.2, -0.15) is 0 Å². The molecule has 0 aromatic heterocycles. The average molecular weight is 376 g/mol. The van der Waals surface area contributed by atoms with Crippen molar-refractivity contribution in [2.75, 3.05) is 38.0 Å². The van der Waals surface area contributed by atoms with Gasteiger partial charge in [0.2, 0.25) is 5.91 Å². The highest BCUT2D eigenvalue weighted by atomic mass is 35.5. The van der Waals surface area contributed by atoms with E-state index < -0.39 is 0 Å². The zero-order valence-electron chi connectivity index (χ0n) is 14.6. The lowest BCUT2D eigenvalue weighted by Crippen LogP contribution is -2.36. The molecule has 0 spiro atoms. The monoisotopic (exact) mass is 375 g/mol. The first kappa shape index (κ1) is 18.8. The normalized spacial score (nSPS) is 16.2. The molecule has 1 fully saturated rings. The maximum Gasteiger partial charge on any atom is 0.238 e. The summed E-state index contributed by atoms with van der Waals surface area (Å²) >= 11 is 5.94. The third kappa shape index (κ3) is 5.80. The molecular weight excluding hydrogens is 353 g/mol. The van der Waals surface area contributed by atoms with Crippen molar-refractivity contribution in [3.63, 3.8) is 0 Å². The van der Waals surface area contributed by atoms with Gasteiger partial charge in [0.1, 0.15) is 5.82 Å². The van der Waals surface area contributed by atoms with Crippen molar-refractivity contribution < 1.29 is 9.18 Å². The van der Waals surface area contributed by atoms with Gasteiger partial charge in [0.25, 0.3) is 0 Å². The Bertz CT molecular complexity index is 738. The standard InChI is InChI=1S/C20H23ClFN3O/c21-17-3-1-4-19(13-17)23-20(26)15-25-10-2-9-24(11-12-25)14-16-5-7-18(22)8-6-16/h1,3-8,13H,2,9-12,14-15H2,(H,23,26). The molecule has 1 aliphatic heterocycles. The topological polar surface area (TPSA) is 35.6 Å². The molecular formula is C20H23ClFN3O. The average Bonchev–Trinajstić information content (AvgIpc) is 2.82. The van der Waals surface area contributed by atoms with E-state index in [9.17, 15) is 9.18 Å². The fourth-order valence-corrected chi connectivity index (χ4v) is 3.35. The minimum atomic E-state index is -0.207. The van der Waals surface area contributed by atoms with Gasteiger partial charge in [-0.15, -0.1) is 0 Å². The maximum absolute atomic E-state index is 13.0. The van der Waals surface area contributed by atoms with E-state index in [2.05, 4.69) is 15.1 Å². The number of rotatable bonds is 5. The van der Waals surface area contributed by atoms with Gasteiger partial charge in [-0.3, -0.25) is 14.6 Å². The summed E-state index contributed by atoms with van der Waals surface area (Å²) in [6.45, 7) is 4.78. The van der Waals surface area contributed by atoms with Crippen LogP contribution in [0.15, 0.2) is 48.5 Å². The molecule has 4 nitrogen and oxygen atoms in total. The Hall–Kier alpha value is -1.95. The number of hydrogen-bond donors (Lipinski definition) is 1. The van der Waals surface area contributed by atoms with Crippen LogP contribution in [0.1, 0.15) is 12.0 Å². The van der Waals surface area contributed by atoms with Gasteiger partial charge in [0.05, 0.1) is 6.54 Å². The van der Waals surface area contributed by atoms with Crippen molar-refractivity contribution >= 4 is 23.2 Å². The highest BCUT2D eigenvalue weighted by Crippen LogP contribution is 2.15. The molecule has 138 valence electrons. The second-order valence-electron chi connectivity index (χ2n) is 6.59. The number of anilines is 1. The smallest absolute Gasteiger partial charge is 0.238 e. The molecule has 1 amide bonds. The molecule has 26 heavy (non-hydrogen) atoms. The van der Waals surface area contributed by atoms with Gasteiger partial charge in [-0.05, 0) is 55.4 Å². The number of halogens is 2. The minimum absolute atomic E-state index is 0.0285. The largest absolute Gasteiger partial charge is 0.325 e. The molecule has 0 radical (unpaired) electrons. The van der Waals surface area contributed by atoms with Crippen LogP contribution >= 0.6 is 11.6 Å². The molecule has 0 bridgehead atoms. The molecule has 0 aliphatic carbocycles. The van der Waals surface area contributed by atoms with E-state index in [1.54, 1.807) is 12.1 Å². The van der Waals surface area contributed by atoms with Crippen molar-refractivity contribution in [1.29, 1.82) is 0 Å². The van der Waals surface area contributed by atoms with Crippen molar-refractivity contribution in [2.45, 2.75) is 13.0 Å². The van der Waals surface area contributed by atoms with Gasteiger partial charge in [0, 0.05) is 30.3 Å². The fraction of sp³-hybridized carbons (Fsp3) is 0.350. The van der Waals surface area contributed by atoms with Gasteiger partial charge in [-0.25, -0.2) is 4.39 Å². The molecule has 0 atom stereocenters. The summed E-state index contributed by atoms with van der Waals surface area (Å²) in [5.41, 5.74) is 1.83. The summed E-state index contributed by atoms with van der Waals surface area (Å²) in [4.78, 5) is 16.8. The summed E-state index contributed by atoms with van der Waals surface area (Å²) in [5, 5.41) is 3.50. The lowest BCUT2D eigenvalue weighted by Gasteiger charge is -2.21. The van der Waals surface area contributed by atoms with E-state index in [-0.39, 0.29) is 11.7 Å². The Kier molecular flexibility index (Phi) is 6.61. The summed E-state index contributed by atoms with van der Waals surface area (Å²) in [6, 6.07) is 13.8. The van der Waals surface area contributed by atoms with Gasteiger partial charge in [0.15, 0.2) is 0 Å². The number of hydrogen-bond acceptors (Lipinski definition) is 3. The third-order valence-corrected chi connectivity index (χ3v) is 4.71. The van der Waals surface area contributed by atoms with Crippen LogP contribution in [0.2, 0.25) is 5.02 Å². The molecule has 0 unspecified atom stereocenters. The zero-order valence-corrected chi connectivity index (χ0v) is 15.4. The molecule has 1 aliphatic rings. The highest BCUT2D eigenvalue weighted by Gasteiger charge is 2.17. The number of benzene rings is 2. The molecule has 1 N–H and O–H groups in total.